The van der Waals surface area contributed by atoms with Crippen molar-refractivity contribution in [3.8, 4) is 0 Å². The number of aliphatic hydroxyl groups excluding tert-OH is 1. The van der Waals surface area contributed by atoms with Crippen molar-refractivity contribution in [2.24, 2.45) is 5.92 Å². The molecule has 2 N–H and O–H groups in total. The second kappa shape index (κ2) is 4.75. The molecule has 82 valence electrons. The second-order valence-corrected chi connectivity index (χ2v) is 4.01. The molecule has 0 bridgehead atoms. The number of ether oxygens (including phenoxy) is 1. The number of rotatable bonds is 3. The molecule has 0 aromatic rings. The zero-order valence-electron chi connectivity index (χ0n) is 8.64. The molecule has 0 radical (unpaired) electrons. The largest absolute Gasteiger partial charge is 0.479 e. The normalized spacial score (nSPS) is 35.2. The molecule has 0 saturated carbocycles. The standard InChI is InChI=1S/C10H18O4/c1-3-6(2)8-4-7(11)5-9(14-8)10(12)13/h6-9,11H,3-5H2,1-2H3,(H,12,13)/t6?,7?,8?,9-/m0/s1. The Morgan fingerprint density at radius 2 is 2.21 bits per heavy atom. The summed E-state index contributed by atoms with van der Waals surface area (Å²) >= 11 is 0. The van der Waals surface area contributed by atoms with Gasteiger partial charge in [0, 0.05) is 6.42 Å². The van der Waals surface area contributed by atoms with E-state index in [4.69, 9.17) is 9.84 Å². The number of carboxylic acid groups (broad SMARTS) is 1. The molecular weight excluding hydrogens is 184 g/mol. The molecule has 4 atom stereocenters. The van der Waals surface area contributed by atoms with Crippen molar-refractivity contribution >= 4 is 5.97 Å². The monoisotopic (exact) mass is 202 g/mol. The predicted octanol–water partition coefficient (Wildman–Crippen LogP) is 1.03. The molecule has 14 heavy (non-hydrogen) atoms. The minimum Gasteiger partial charge on any atom is -0.479 e. The van der Waals surface area contributed by atoms with Gasteiger partial charge >= 0.3 is 5.97 Å². The lowest BCUT2D eigenvalue weighted by Gasteiger charge is -2.34. The minimum absolute atomic E-state index is 0.121. The van der Waals surface area contributed by atoms with Crippen LogP contribution in [0.25, 0.3) is 0 Å². The minimum atomic E-state index is -0.975. The molecule has 0 spiro atoms. The van der Waals surface area contributed by atoms with Gasteiger partial charge in [-0.1, -0.05) is 20.3 Å². The number of aliphatic carboxylic acids is 1. The van der Waals surface area contributed by atoms with Gasteiger partial charge in [0.05, 0.1) is 12.2 Å². The first-order chi connectivity index (χ1) is 6.54. The first-order valence-corrected chi connectivity index (χ1v) is 5.11. The van der Waals surface area contributed by atoms with Crippen LogP contribution in [0, 0.1) is 5.92 Å². The van der Waals surface area contributed by atoms with Crippen molar-refractivity contribution in [1.82, 2.24) is 0 Å². The quantitative estimate of drug-likeness (QED) is 0.717. The van der Waals surface area contributed by atoms with Crippen molar-refractivity contribution in [1.29, 1.82) is 0 Å². The maximum absolute atomic E-state index is 10.7. The summed E-state index contributed by atoms with van der Waals surface area (Å²) in [5.74, 6) is -0.677. The third-order valence-electron chi connectivity index (χ3n) is 2.88. The Bertz CT molecular complexity index is 204. The number of hydrogen-bond donors (Lipinski definition) is 2. The van der Waals surface area contributed by atoms with Gasteiger partial charge in [0.25, 0.3) is 0 Å². The molecule has 0 aromatic heterocycles. The average molecular weight is 202 g/mol. The van der Waals surface area contributed by atoms with E-state index in [9.17, 15) is 9.90 Å². The van der Waals surface area contributed by atoms with Gasteiger partial charge < -0.3 is 14.9 Å². The Morgan fingerprint density at radius 1 is 1.57 bits per heavy atom. The molecule has 1 heterocycles. The summed E-state index contributed by atoms with van der Waals surface area (Å²) in [6.07, 6.45) is 0.205. The van der Waals surface area contributed by atoms with E-state index >= 15 is 0 Å². The summed E-state index contributed by atoms with van der Waals surface area (Å²) in [4.78, 5) is 10.7. The lowest BCUT2D eigenvalue weighted by Crippen LogP contribution is -2.42. The molecule has 4 nitrogen and oxygen atoms in total. The van der Waals surface area contributed by atoms with E-state index in [2.05, 4.69) is 0 Å². The highest BCUT2D eigenvalue weighted by atomic mass is 16.5. The highest BCUT2D eigenvalue weighted by Gasteiger charge is 2.34. The fraction of sp³-hybridized carbons (Fsp3) is 0.900. The SMILES string of the molecule is CCC(C)C1CC(O)C[C@@H](C(=O)O)O1. The van der Waals surface area contributed by atoms with Crippen molar-refractivity contribution in [2.75, 3.05) is 0 Å². The van der Waals surface area contributed by atoms with Crippen LogP contribution in [-0.4, -0.2) is 34.5 Å². The average Bonchev–Trinajstić information content (AvgIpc) is 2.15. The van der Waals surface area contributed by atoms with Crippen molar-refractivity contribution in [2.45, 2.75) is 51.4 Å². The van der Waals surface area contributed by atoms with Gasteiger partial charge in [-0.2, -0.15) is 0 Å². The maximum Gasteiger partial charge on any atom is 0.332 e. The molecule has 1 rings (SSSR count). The molecule has 0 aliphatic carbocycles. The van der Waals surface area contributed by atoms with Crippen LogP contribution in [0.3, 0.4) is 0 Å². The molecule has 0 aromatic carbocycles. The van der Waals surface area contributed by atoms with E-state index in [0.717, 1.165) is 6.42 Å². The number of hydrogen-bond acceptors (Lipinski definition) is 3. The highest BCUT2D eigenvalue weighted by Crippen LogP contribution is 2.26. The lowest BCUT2D eigenvalue weighted by molar-refractivity contribution is -0.170. The first kappa shape index (κ1) is 11.5. The second-order valence-electron chi connectivity index (χ2n) is 4.01. The first-order valence-electron chi connectivity index (χ1n) is 5.11. The zero-order chi connectivity index (χ0) is 10.7. The van der Waals surface area contributed by atoms with Crippen LogP contribution < -0.4 is 0 Å². The van der Waals surface area contributed by atoms with Gasteiger partial charge in [-0.15, -0.1) is 0 Å². The van der Waals surface area contributed by atoms with Crippen LogP contribution >= 0.6 is 0 Å². The van der Waals surface area contributed by atoms with Crippen LogP contribution in [0.4, 0.5) is 0 Å². The summed E-state index contributed by atoms with van der Waals surface area (Å²) < 4.78 is 5.41. The van der Waals surface area contributed by atoms with E-state index in [0.29, 0.717) is 12.3 Å². The molecule has 0 amide bonds. The van der Waals surface area contributed by atoms with Gasteiger partial charge in [0.15, 0.2) is 6.10 Å². The number of aliphatic hydroxyl groups is 1. The summed E-state index contributed by atoms with van der Waals surface area (Å²) in [6, 6.07) is 0. The zero-order valence-corrected chi connectivity index (χ0v) is 8.64. The molecule has 1 saturated heterocycles. The van der Waals surface area contributed by atoms with E-state index in [1.54, 1.807) is 0 Å². The summed E-state index contributed by atoms with van der Waals surface area (Å²) in [6.45, 7) is 4.05. The molecule has 4 heteroatoms. The molecule has 1 aliphatic rings. The van der Waals surface area contributed by atoms with Gasteiger partial charge in [-0.3, -0.25) is 0 Å². The smallest absolute Gasteiger partial charge is 0.332 e. The fourth-order valence-electron chi connectivity index (χ4n) is 1.72. The molecule has 1 fully saturated rings. The molecule has 3 unspecified atom stereocenters. The van der Waals surface area contributed by atoms with E-state index in [1.807, 2.05) is 13.8 Å². The van der Waals surface area contributed by atoms with Crippen molar-refractivity contribution in [3.05, 3.63) is 0 Å². The third-order valence-corrected chi connectivity index (χ3v) is 2.88. The van der Waals surface area contributed by atoms with Gasteiger partial charge in [0.2, 0.25) is 0 Å². The third kappa shape index (κ3) is 2.69. The van der Waals surface area contributed by atoms with Crippen LogP contribution in [0.2, 0.25) is 0 Å². The van der Waals surface area contributed by atoms with Crippen LogP contribution in [0.1, 0.15) is 33.1 Å². The molecular formula is C10H18O4. The number of carboxylic acids is 1. The Morgan fingerprint density at radius 3 is 2.71 bits per heavy atom. The topological polar surface area (TPSA) is 66.8 Å². The summed E-state index contributed by atoms with van der Waals surface area (Å²) in [5, 5.41) is 18.3. The Hall–Kier alpha value is -0.610. The number of carbonyl (C=O) groups is 1. The van der Waals surface area contributed by atoms with E-state index in [-0.39, 0.29) is 12.5 Å². The maximum atomic E-state index is 10.7. The van der Waals surface area contributed by atoms with Crippen LogP contribution in [0.5, 0.6) is 0 Å². The van der Waals surface area contributed by atoms with Gasteiger partial charge in [0.1, 0.15) is 0 Å². The Labute approximate surface area is 83.9 Å². The fourth-order valence-corrected chi connectivity index (χ4v) is 1.72. The van der Waals surface area contributed by atoms with Gasteiger partial charge in [-0.25, -0.2) is 4.79 Å². The Balaban J connectivity index is 2.58. The van der Waals surface area contributed by atoms with Crippen molar-refractivity contribution in [3.63, 3.8) is 0 Å². The van der Waals surface area contributed by atoms with Crippen molar-refractivity contribution < 1.29 is 19.7 Å². The highest BCUT2D eigenvalue weighted by molar-refractivity contribution is 5.72. The molecule has 1 aliphatic heterocycles. The summed E-state index contributed by atoms with van der Waals surface area (Å²) in [7, 11) is 0. The summed E-state index contributed by atoms with van der Waals surface area (Å²) in [5.41, 5.74) is 0. The van der Waals surface area contributed by atoms with Crippen LogP contribution in [-0.2, 0) is 9.53 Å². The van der Waals surface area contributed by atoms with E-state index in [1.165, 1.54) is 0 Å². The predicted molar refractivity (Wildman–Crippen MR) is 51.0 cm³/mol. The Kier molecular flexibility index (Phi) is 3.89. The lowest BCUT2D eigenvalue weighted by atomic mass is 9.91. The van der Waals surface area contributed by atoms with Gasteiger partial charge in [-0.05, 0) is 12.3 Å². The van der Waals surface area contributed by atoms with Crippen LogP contribution in [0.15, 0.2) is 0 Å². The van der Waals surface area contributed by atoms with E-state index < -0.39 is 18.2 Å².